The van der Waals surface area contributed by atoms with Crippen LogP contribution in [0.15, 0.2) is 68.2 Å². The van der Waals surface area contributed by atoms with Crippen LogP contribution in [0.25, 0.3) is 6.08 Å². The summed E-state index contributed by atoms with van der Waals surface area (Å²) in [7, 11) is 1.42. The molecule has 0 radical (unpaired) electrons. The summed E-state index contributed by atoms with van der Waals surface area (Å²) >= 11 is 4.21. The Hall–Kier alpha value is -3.04. The molecule has 9 heteroatoms. The number of benzene rings is 2. The Bertz CT molecular complexity index is 1120. The normalized spacial score (nSPS) is 16.1. The third kappa shape index (κ3) is 5.00. The number of amides is 1. The molecule has 2 aromatic rings. The van der Waals surface area contributed by atoms with E-state index in [1.807, 2.05) is 0 Å². The van der Waals surface area contributed by atoms with Gasteiger partial charge in [-0.05, 0) is 58.8 Å². The Labute approximate surface area is 191 Å². The number of esters is 1. The minimum Gasteiger partial charge on any atom is -0.506 e. The Morgan fingerprint density at radius 2 is 1.90 bits per heavy atom. The van der Waals surface area contributed by atoms with Crippen LogP contribution in [0.1, 0.15) is 22.8 Å². The number of carbonyl (C=O) groups is 2. The van der Waals surface area contributed by atoms with E-state index < -0.39 is 11.9 Å². The second-order valence-corrected chi connectivity index (χ2v) is 8.08. The molecule has 31 heavy (non-hydrogen) atoms. The molecule has 0 saturated carbocycles. The van der Waals surface area contributed by atoms with Gasteiger partial charge in [-0.3, -0.25) is 4.79 Å². The van der Waals surface area contributed by atoms with Crippen LogP contribution in [0.5, 0.6) is 11.5 Å². The molecule has 1 aliphatic heterocycles. The van der Waals surface area contributed by atoms with Gasteiger partial charge in [0.15, 0.2) is 11.5 Å². The number of hydrogen-bond acceptors (Lipinski definition) is 7. The van der Waals surface area contributed by atoms with Crippen LogP contribution in [0, 0.1) is 0 Å². The quantitative estimate of drug-likeness (QED) is 0.560. The topological polar surface area (TPSA) is 105 Å². The third-order valence-electron chi connectivity index (χ3n) is 4.16. The molecule has 3 rings (SSSR count). The van der Waals surface area contributed by atoms with Crippen LogP contribution in [0.2, 0.25) is 0 Å². The Morgan fingerprint density at radius 3 is 2.55 bits per heavy atom. The number of aromatic hydroxyl groups is 1. The molecular weight excluding hydrogens is 486 g/mol. The zero-order chi connectivity index (χ0) is 22.5. The molecule has 160 valence electrons. The van der Waals surface area contributed by atoms with Gasteiger partial charge in [0.25, 0.3) is 5.91 Å². The van der Waals surface area contributed by atoms with Gasteiger partial charge in [-0.1, -0.05) is 30.0 Å². The van der Waals surface area contributed by atoms with Gasteiger partial charge in [-0.2, -0.15) is 0 Å². The first-order chi connectivity index (χ1) is 14.8. The summed E-state index contributed by atoms with van der Waals surface area (Å²) < 4.78 is 10.6. The molecule has 0 unspecified atom stereocenters. The number of aliphatic imine (C=N–C) groups is 1. The molecular formula is C22H18BrNO6S. The van der Waals surface area contributed by atoms with E-state index in [9.17, 15) is 19.8 Å². The number of aliphatic hydroxyl groups excluding tert-OH is 1. The van der Waals surface area contributed by atoms with Crippen molar-refractivity contribution in [2.75, 3.05) is 13.7 Å². The molecule has 2 aromatic carbocycles. The maximum atomic E-state index is 12.5. The first-order valence-corrected chi connectivity index (χ1v) is 10.7. The number of phenolic OH excluding ortho intramolecular Hbond substituents is 1. The SMILES string of the molecule is CCOC(=O)C1=C(O)/C(=C/c2cc(Br)c(O)c(OC)c2)SC1=NC(=O)c1ccccc1. The smallest absolute Gasteiger partial charge is 0.344 e. The number of phenols is 1. The number of thioether (sulfide) groups is 1. The van der Waals surface area contributed by atoms with Crippen LogP contribution >= 0.6 is 27.7 Å². The molecule has 1 aliphatic rings. The van der Waals surface area contributed by atoms with Gasteiger partial charge in [0.05, 0.1) is 23.1 Å². The number of nitrogens with zero attached hydrogens (tertiary/aromatic N) is 1. The van der Waals surface area contributed by atoms with Crippen molar-refractivity contribution in [1.82, 2.24) is 0 Å². The highest BCUT2D eigenvalue weighted by Gasteiger charge is 2.34. The van der Waals surface area contributed by atoms with Crippen LogP contribution in [-0.4, -0.2) is 40.8 Å². The first kappa shape index (κ1) is 22.6. The van der Waals surface area contributed by atoms with Crippen molar-refractivity contribution >= 4 is 50.7 Å². The third-order valence-corrected chi connectivity index (χ3v) is 5.79. The molecule has 0 aromatic heterocycles. The summed E-state index contributed by atoms with van der Waals surface area (Å²) in [4.78, 5) is 29.3. The minimum absolute atomic E-state index is 0.0425. The van der Waals surface area contributed by atoms with E-state index in [0.29, 0.717) is 20.5 Å². The number of aliphatic hydroxyl groups is 1. The van der Waals surface area contributed by atoms with E-state index >= 15 is 0 Å². The zero-order valence-corrected chi connectivity index (χ0v) is 19.0. The average Bonchev–Trinajstić information content (AvgIpc) is 3.05. The van der Waals surface area contributed by atoms with Crippen molar-refractivity contribution < 1.29 is 29.3 Å². The molecule has 7 nitrogen and oxygen atoms in total. The van der Waals surface area contributed by atoms with E-state index in [4.69, 9.17) is 9.47 Å². The summed E-state index contributed by atoms with van der Waals surface area (Å²) in [6, 6.07) is 11.6. The Balaban J connectivity index is 2.05. The van der Waals surface area contributed by atoms with Gasteiger partial charge in [-0.15, -0.1) is 0 Å². The van der Waals surface area contributed by atoms with Crippen LogP contribution in [0.3, 0.4) is 0 Å². The molecule has 0 aliphatic carbocycles. The van der Waals surface area contributed by atoms with Crippen LogP contribution in [-0.2, 0) is 9.53 Å². The van der Waals surface area contributed by atoms with Gasteiger partial charge < -0.3 is 19.7 Å². The van der Waals surface area contributed by atoms with Gasteiger partial charge in [0, 0.05) is 5.56 Å². The lowest BCUT2D eigenvalue weighted by Crippen LogP contribution is -2.14. The highest BCUT2D eigenvalue weighted by atomic mass is 79.9. The lowest BCUT2D eigenvalue weighted by atomic mass is 10.1. The fourth-order valence-corrected chi connectivity index (χ4v) is 4.19. The van der Waals surface area contributed by atoms with Crippen molar-refractivity contribution in [3.05, 3.63) is 74.3 Å². The van der Waals surface area contributed by atoms with E-state index in [2.05, 4.69) is 20.9 Å². The van der Waals surface area contributed by atoms with E-state index in [1.54, 1.807) is 55.5 Å². The van der Waals surface area contributed by atoms with Crippen LogP contribution in [0.4, 0.5) is 0 Å². The Kier molecular flexibility index (Phi) is 7.19. The highest BCUT2D eigenvalue weighted by Crippen LogP contribution is 2.41. The van der Waals surface area contributed by atoms with Crippen molar-refractivity contribution in [2.24, 2.45) is 4.99 Å². The fourth-order valence-electron chi connectivity index (χ4n) is 2.71. The molecule has 0 saturated heterocycles. The Morgan fingerprint density at radius 1 is 1.19 bits per heavy atom. The molecule has 2 N–H and O–H groups in total. The molecule has 0 fully saturated rings. The predicted molar refractivity (Wildman–Crippen MR) is 122 cm³/mol. The largest absolute Gasteiger partial charge is 0.506 e. The van der Waals surface area contributed by atoms with Gasteiger partial charge >= 0.3 is 5.97 Å². The summed E-state index contributed by atoms with van der Waals surface area (Å²) in [5, 5.41) is 20.7. The second-order valence-electron chi connectivity index (χ2n) is 6.20. The van der Waals surface area contributed by atoms with Crippen molar-refractivity contribution in [2.45, 2.75) is 6.92 Å². The van der Waals surface area contributed by atoms with Gasteiger partial charge in [0.1, 0.15) is 16.4 Å². The number of halogens is 1. The minimum atomic E-state index is -0.778. The lowest BCUT2D eigenvalue weighted by Gasteiger charge is -2.07. The lowest BCUT2D eigenvalue weighted by molar-refractivity contribution is -0.138. The van der Waals surface area contributed by atoms with E-state index in [0.717, 1.165) is 11.8 Å². The van der Waals surface area contributed by atoms with Gasteiger partial charge in [-0.25, -0.2) is 9.79 Å². The van der Waals surface area contributed by atoms with Crippen molar-refractivity contribution in [1.29, 1.82) is 0 Å². The summed E-state index contributed by atoms with van der Waals surface area (Å²) in [5.41, 5.74) is 0.754. The van der Waals surface area contributed by atoms with Crippen molar-refractivity contribution in [3.8, 4) is 11.5 Å². The van der Waals surface area contributed by atoms with Crippen molar-refractivity contribution in [3.63, 3.8) is 0 Å². The number of hydrogen-bond donors (Lipinski definition) is 2. The standard InChI is InChI=1S/C22H18BrNO6S/c1-3-30-22(28)17-19(26)16(11-12-9-14(23)18(25)15(10-12)29-2)31-21(17)24-20(27)13-7-5-4-6-8-13/h4-11,25-26H,3H2,1-2H3/b16-11-,24-21?. The van der Waals surface area contributed by atoms with E-state index in [-0.39, 0.29) is 34.5 Å². The first-order valence-electron chi connectivity index (χ1n) is 9.10. The average molecular weight is 504 g/mol. The number of rotatable bonds is 5. The summed E-state index contributed by atoms with van der Waals surface area (Å²) in [5.74, 6) is -1.50. The predicted octanol–water partition coefficient (Wildman–Crippen LogP) is 4.87. The number of carbonyl (C=O) groups excluding carboxylic acids is 2. The fraction of sp³-hybridized carbons (Fsp3) is 0.136. The summed E-state index contributed by atoms with van der Waals surface area (Å²) in [6.07, 6.45) is 1.58. The summed E-state index contributed by atoms with van der Waals surface area (Å²) in [6.45, 7) is 1.74. The molecule has 0 atom stereocenters. The monoisotopic (exact) mass is 503 g/mol. The molecule has 1 amide bonds. The maximum Gasteiger partial charge on any atom is 0.344 e. The number of methoxy groups -OCH3 is 1. The van der Waals surface area contributed by atoms with Crippen LogP contribution < -0.4 is 4.74 Å². The highest BCUT2D eigenvalue weighted by molar-refractivity contribution is 9.10. The molecule has 0 bridgehead atoms. The number of ether oxygens (including phenoxy) is 2. The van der Waals surface area contributed by atoms with E-state index in [1.165, 1.54) is 7.11 Å². The van der Waals surface area contributed by atoms with Gasteiger partial charge in [0.2, 0.25) is 0 Å². The second kappa shape index (κ2) is 9.84. The molecule has 1 heterocycles. The molecule has 0 spiro atoms. The zero-order valence-electron chi connectivity index (χ0n) is 16.6. The maximum absolute atomic E-state index is 12.5.